The van der Waals surface area contributed by atoms with Crippen LogP contribution in [0, 0.1) is 6.92 Å². The number of hydrogen-bond donors (Lipinski definition) is 1. The molecule has 0 fully saturated rings. The molecule has 0 aliphatic rings. The summed E-state index contributed by atoms with van der Waals surface area (Å²) in [6, 6.07) is 10.6. The van der Waals surface area contributed by atoms with Crippen molar-refractivity contribution in [3.63, 3.8) is 0 Å². The summed E-state index contributed by atoms with van der Waals surface area (Å²) in [4.78, 5) is 2.28. The molecule has 1 atom stereocenters. The Kier molecular flexibility index (Phi) is 4.20. The van der Waals surface area contributed by atoms with E-state index in [-0.39, 0.29) is 0 Å². The molecule has 1 unspecified atom stereocenters. The molecular weight excluding hydrogens is 240 g/mol. The van der Waals surface area contributed by atoms with Crippen LogP contribution in [-0.2, 0) is 12.8 Å². The molecule has 1 N–H and O–H groups in total. The second-order valence-corrected chi connectivity index (χ2v) is 5.91. The zero-order valence-corrected chi connectivity index (χ0v) is 12.1. The van der Waals surface area contributed by atoms with Gasteiger partial charge in [0.25, 0.3) is 0 Å². The van der Waals surface area contributed by atoms with Gasteiger partial charge < -0.3 is 5.11 Å². The Bertz CT molecular complexity index is 528. The van der Waals surface area contributed by atoms with Crippen LogP contribution < -0.4 is 0 Å². The molecule has 2 aromatic rings. The molecule has 0 spiro atoms. The minimum absolute atomic E-state index is 0.481. The summed E-state index contributed by atoms with van der Waals surface area (Å²) in [5.41, 5.74) is 3.60. The molecule has 2 rings (SSSR count). The fourth-order valence-corrected chi connectivity index (χ4v) is 3.08. The highest BCUT2D eigenvalue weighted by Gasteiger charge is 2.15. The first-order valence-corrected chi connectivity index (χ1v) is 7.33. The summed E-state index contributed by atoms with van der Waals surface area (Å²) in [5, 5.41) is 10.5. The van der Waals surface area contributed by atoms with E-state index >= 15 is 0 Å². The van der Waals surface area contributed by atoms with Gasteiger partial charge in [-0.15, -0.1) is 11.3 Å². The minimum Gasteiger partial charge on any atom is -0.383 e. The van der Waals surface area contributed by atoms with E-state index in [1.165, 1.54) is 16.0 Å². The summed E-state index contributed by atoms with van der Waals surface area (Å²) in [7, 11) is 0. The maximum atomic E-state index is 10.5. The predicted molar refractivity (Wildman–Crippen MR) is 78.3 cm³/mol. The van der Waals surface area contributed by atoms with E-state index in [0.29, 0.717) is 0 Å². The van der Waals surface area contributed by atoms with Gasteiger partial charge in [-0.2, -0.15) is 0 Å². The molecule has 1 aromatic heterocycles. The van der Waals surface area contributed by atoms with Gasteiger partial charge in [0.1, 0.15) is 6.10 Å². The van der Waals surface area contributed by atoms with Crippen LogP contribution in [0.25, 0.3) is 0 Å². The third-order valence-corrected chi connectivity index (χ3v) is 4.38. The second-order valence-electron chi connectivity index (χ2n) is 4.59. The van der Waals surface area contributed by atoms with Crippen molar-refractivity contribution in [2.75, 3.05) is 0 Å². The second kappa shape index (κ2) is 5.68. The summed E-state index contributed by atoms with van der Waals surface area (Å²) >= 11 is 1.67. The van der Waals surface area contributed by atoms with Crippen LogP contribution in [0.5, 0.6) is 0 Å². The average molecular weight is 260 g/mol. The molecular formula is C16H20OS. The summed E-state index contributed by atoms with van der Waals surface area (Å²) in [6.07, 6.45) is 1.48. The summed E-state index contributed by atoms with van der Waals surface area (Å²) in [5.74, 6) is 0. The van der Waals surface area contributed by atoms with Crippen molar-refractivity contribution < 1.29 is 5.11 Å². The van der Waals surface area contributed by atoms with Crippen molar-refractivity contribution in [1.29, 1.82) is 0 Å². The third kappa shape index (κ3) is 2.65. The third-order valence-electron chi connectivity index (χ3n) is 3.32. The molecule has 0 saturated heterocycles. The molecule has 18 heavy (non-hydrogen) atoms. The van der Waals surface area contributed by atoms with Crippen LogP contribution in [-0.4, -0.2) is 5.11 Å². The van der Waals surface area contributed by atoms with Gasteiger partial charge in [-0.05, 0) is 48.6 Å². The Labute approximate surface area is 113 Å². The summed E-state index contributed by atoms with van der Waals surface area (Å²) < 4.78 is 0. The van der Waals surface area contributed by atoms with Gasteiger partial charge >= 0.3 is 0 Å². The Morgan fingerprint density at radius 2 is 1.89 bits per heavy atom. The molecule has 2 heteroatoms. The number of rotatable bonds is 4. The van der Waals surface area contributed by atoms with Crippen molar-refractivity contribution in [2.45, 2.75) is 39.7 Å². The van der Waals surface area contributed by atoms with Gasteiger partial charge in [0.15, 0.2) is 0 Å². The van der Waals surface area contributed by atoms with Gasteiger partial charge in [0.2, 0.25) is 0 Å². The SMILES string of the molecule is CCc1ccc(CC)c(C(O)c2ccc(C)s2)c1. The van der Waals surface area contributed by atoms with E-state index in [1.54, 1.807) is 11.3 Å². The lowest BCUT2D eigenvalue weighted by atomic mass is 9.96. The Balaban J connectivity index is 2.41. The molecule has 1 nitrogen and oxygen atoms in total. The maximum Gasteiger partial charge on any atom is 0.113 e. The van der Waals surface area contributed by atoms with Crippen molar-refractivity contribution in [3.8, 4) is 0 Å². The molecule has 0 aliphatic carbocycles. The topological polar surface area (TPSA) is 20.2 Å². The summed E-state index contributed by atoms with van der Waals surface area (Å²) in [6.45, 7) is 6.35. The van der Waals surface area contributed by atoms with Crippen LogP contribution >= 0.6 is 11.3 Å². The number of benzene rings is 1. The number of hydrogen-bond acceptors (Lipinski definition) is 2. The molecule has 0 radical (unpaired) electrons. The molecule has 0 aliphatic heterocycles. The lowest BCUT2D eigenvalue weighted by Crippen LogP contribution is -2.03. The Morgan fingerprint density at radius 1 is 1.11 bits per heavy atom. The maximum absolute atomic E-state index is 10.5. The first-order chi connectivity index (χ1) is 8.65. The van der Waals surface area contributed by atoms with Crippen LogP contribution in [0.3, 0.4) is 0 Å². The minimum atomic E-state index is -0.481. The lowest BCUT2D eigenvalue weighted by molar-refractivity contribution is 0.223. The Morgan fingerprint density at radius 3 is 2.44 bits per heavy atom. The van der Waals surface area contributed by atoms with Crippen LogP contribution in [0.1, 0.15) is 46.4 Å². The monoisotopic (exact) mass is 260 g/mol. The largest absolute Gasteiger partial charge is 0.383 e. The van der Waals surface area contributed by atoms with E-state index in [0.717, 1.165) is 23.3 Å². The van der Waals surface area contributed by atoms with Gasteiger partial charge in [0.05, 0.1) is 0 Å². The highest BCUT2D eigenvalue weighted by Crippen LogP contribution is 2.31. The number of aliphatic hydroxyl groups is 1. The lowest BCUT2D eigenvalue weighted by Gasteiger charge is -2.15. The van der Waals surface area contributed by atoms with E-state index in [1.807, 2.05) is 6.07 Å². The number of thiophene rings is 1. The van der Waals surface area contributed by atoms with Gasteiger partial charge in [0, 0.05) is 9.75 Å². The number of aryl methyl sites for hydroxylation is 3. The molecule has 1 aromatic carbocycles. The highest BCUT2D eigenvalue weighted by atomic mass is 32.1. The zero-order valence-electron chi connectivity index (χ0n) is 11.2. The van der Waals surface area contributed by atoms with Crippen molar-refractivity contribution in [2.24, 2.45) is 0 Å². The number of aliphatic hydroxyl groups excluding tert-OH is 1. The van der Waals surface area contributed by atoms with Gasteiger partial charge in [-0.25, -0.2) is 0 Å². The normalized spacial score (nSPS) is 12.7. The van der Waals surface area contributed by atoms with Crippen LogP contribution in [0.2, 0.25) is 0 Å². The highest BCUT2D eigenvalue weighted by molar-refractivity contribution is 7.12. The Hall–Kier alpha value is -1.12. The van der Waals surface area contributed by atoms with Crippen molar-refractivity contribution in [3.05, 3.63) is 56.8 Å². The molecule has 1 heterocycles. The van der Waals surface area contributed by atoms with Gasteiger partial charge in [-0.1, -0.05) is 32.0 Å². The smallest absolute Gasteiger partial charge is 0.113 e. The molecule has 0 saturated carbocycles. The zero-order chi connectivity index (χ0) is 13.1. The van der Waals surface area contributed by atoms with Crippen molar-refractivity contribution >= 4 is 11.3 Å². The first kappa shape index (κ1) is 13.3. The molecule has 96 valence electrons. The van der Waals surface area contributed by atoms with Crippen LogP contribution in [0.4, 0.5) is 0 Å². The molecule has 0 bridgehead atoms. The van der Waals surface area contributed by atoms with E-state index in [2.05, 4.69) is 45.0 Å². The van der Waals surface area contributed by atoms with E-state index in [4.69, 9.17) is 0 Å². The first-order valence-electron chi connectivity index (χ1n) is 6.51. The molecule has 0 amide bonds. The standard InChI is InChI=1S/C16H20OS/c1-4-12-7-8-13(5-2)14(10-12)16(17)15-9-6-11(3)18-15/h6-10,16-17H,4-5H2,1-3H3. The van der Waals surface area contributed by atoms with Crippen LogP contribution in [0.15, 0.2) is 30.3 Å². The van der Waals surface area contributed by atoms with E-state index < -0.39 is 6.10 Å². The van der Waals surface area contributed by atoms with E-state index in [9.17, 15) is 5.11 Å². The fraction of sp³-hybridized carbons (Fsp3) is 0.375. The predicted octanol–water partition coefficient (Wildman–Crippen LogP) is 4.26. The average Bonchev–Trinajstić information content (AvgIpc) is 2.83. The van der Waals surface area contributed by atoms with Gasteiger partial charge in [-0.3, -0.25) is 0 Å². The quantitative estimate of drug-likeness (QED) is 0.870. The fourth-order valence-electron chi connectivity index (χ4n) is 2.19. The van der Waals surface area contributed by atoms with Crippen molar-refractivity contribution in [1.82, 2.24) is 0 Å².